The number of nitrogens with one attached hydrogen (secondary N) is 1. The van der Waals surface area contributed by atoms with Crippen LogP contribution < -0.4 is 15.0 Å². The van der Waals surface area contributed by atoms with Crippen molar-refractivity contribution in [2.24, 2.45) is 0 Å². The van der Waals surface area contributed by atoms with Crippen LogP contribution in [-0.2, 0) is 25.6 Å². The van der Waals surface area contributed by atoms with Gasteiger partial charge in [-0.1, -0.05) is 18.2 Å². The Morgan fingerprint density at radius 3 is 2.61 bits per heavy atom. The van der Waals surface area contributed by atoms with Gasteiger partial charge in [0.2, 0.25) is 0 Å². The van der Waals surface area contributed by atoms with Crippen LogP contribution in [0, 0.1) is 11.3 Å². The van der Waals surface area contributed by atoms with E-state index in [0.717, 1.165) is 48.7 Å². The van der Waals surface area contributed by atoms with Crippen LogP contribution in [0.1, 0.15) is 29.0 Å². The second-order valence-electron chi connectivity index (χ2n) is 9.73. The number of hydrogen-bond acceptors (Lipinski definition) is 9. The second-order valence-corrected chi connectivity index (χ2v) is 9.73. The largest absolute Gasteiger partial charge is 0.490 e. The lowest BCUT2D eigenvalue weighted by molar-refractivity contribution is -0.0856. The van der Waals surface area contributed by atoms with E-state index >= 15 is 0 Å². The van der Waals surface area contributed by atoms with Crippen molar-refractivity contribution in [2.75, 3.05) is 71.7 Å². The van der Waals surface area contributed by atoms with Crippen molar-refractivity contribution < 1.29 is 28.8 Å². The van der Waals surface area contributed by atoms with Crippen molar-refractivity contribution in [3.05, 3.63) is 59.2 Å². The molecule has 206 valence electrons. The van der Waals surface area contributed by atoms with E-state index in [1.165, 1.54) is 0 Å². The highest BCUT2D eigenvalue weighted by Gasteiger charge is 2.36. The van der Waals surface area contributed by atoms with Gasteiger partial charge in [0.25, 0.3) is 0 Å². The van der Waals surface area contributed by atoms with Gasteiger partial charge in [-0.3, -0.25) is 0 Å². The zero-order valence-corrected chi connectivity index (χ0v) is 22.3. The number of nitrogens with zero attached hydrogens (tertiary/aromatic N) is 2. The molecule has 2 aromatic rings. The van der Waals surface area contributed by atoms with E-state index in [9.17, 15) is 10.4 Å². The SMILES string of the molecule is COCCCN1CCOc2ccc(CO[C@H]3CNC[C@@H](OCC(O)COC)[C@@H]3c3ccc(C#N)cc3)cc21. The zero-order valence-electron chi connectivity index (χ0n) is 22.3. The summed E-state index contributed by atoms with van der Waals surface area (Å²) in [6.45, 7) is 5.30. The summed E-state index contributed by atoms with van der Waals surface area (Å²) in [5.41, 5.74) is 3.82. The molecule has 0 spiro atoms. The highest BCUT2D eigenvalue weighted by Crippen LogP contribution is 2.34. The number of benzene rings is 2. The molecule has 2 aliphatic rings. The molecular weight excluding hydrogens is 486 g/mol. The van der Waals surface area contributed by atoms with Crippen LogP contribution in [-0.4, -0.2) is 90.2 Å². The lowest BCUT2D eigenvalue weighted by Gasteiger charge is -2.39. The maximum absolute atomic E-state index is 10.2. The minimum absolute atomic E-state index is 0.0646. The van der Waals surface area contributed by atoms with E-state index < -0.39 is 6.10 Å². The van der Waals surface area contributed by atoms with E-state index in [4.69, 9.17) is 23.7 Å². The second kappa shape index (κ2) is 14.4. The number of ether oxygens (including phenoxy) is 5. The highest BCUT2D eigenvalue weighted by molar-refractivity contribution is 5.61. The van der Waals surface area contributed by atoms with E-state index in [0.29, 0.717) is 31.9 Å². The fraction of sp³-hybridized carbons (Fsp3) is 0.552. The molecule has 1 unspecified atom stereocenters. The first-order valence-electron chi connectivity index (χ1n) is 13.2. The van der Waals surface area contributed by atoms with Crippen molar-refractivity contribution in [2.45, 2.75) is 37.3 Å². The third-order valence-electron chi connectivity index (χ3n) is 7.00. The van der Waals surface area contributed by atoms with Crippen LogP contribution >= 0.6 is 0 Å². The van der Waals surface area contributed by atoms with Gasteiger partial charge in [-0.2, -0.15) is 5.26 Å². The fourth-order valence-corrected chi connectivity index (χ4v) is 5.11. The Bertz CT molecular complexity index is 1040. The van der Waals surface area contributed by atoms with Gasteiger partial charge in [-0.05, 0) is 41.8 Å². The standard InChI is InChI=1S/C29H39N3O6/c1-34-12-3-10-32-11-13-36-26-9-6-22(14-25(26)32)18-37-27-16-31-17-28(38-20-24(33)19-35-2)29(27)23-7-4-21(15-30)5-8-23/h4-9,14,24,27-29,31,33H,3,10-13,16-20H2,1-2H3/t24?,27-,28+,29+/m0/s1. The number of hydrogen-bond donors (Lipinski definition) is 2. The number of aliphatic hydroxyl groups excluding tert-OH is 1. The van der Waals surface area contributed by atoms with Crippen LogP contribution in [0.15, 0.2) is 42.5 Å². The first-order valence-corrected chi connectivity index (χ1v) is 13.2. The Kier molecular flexibility index (Phi) is 10.8. The Morgan fingerprint density at radius 1 is 1.08 bits per heavy atom. The Balaban J connectivity index is 1.48. The molecule has 9 nitrogen and oxygen atoms in total. The summed E-state index contributed by atoms with van der Waals surface area (Å²) in [4.78, 5) is 2.35. The predicted molar refractivity (Wildman–Crippen MR) is 144 cm³/mol. The third kappa shape index (κ3) is 7.44. The molecule has 0 aliphatic carbocycles. The molecule has 4 rings (SSSR count). The molecule has 2 N–H and O–H groups in total. The fourth-order valence-electron chi connectivity index (χ4n) is 5.11. The van der Waals surface area contributed by atoms with Gasteiger partial charge in [0.15, 0.2) is 0 Å². The van der Waals surface area contributed by atoms with Crippen LogP contribution in [0.5, 0.6) is 5.75 Å². The first-order chi connectivity index (χ1) is 18.6. The highest BCUT2D eigenvalue weighted by atomic mass is 16.5. The number of nitriles is 1. The number of methoxy groups -OCH3 is 2. The minimum Gasteiger partial charge on any atom is -0.490 e. The lowest BCUT2D eigenvalue weighted by Crippen LogP contribution is -2.51. The van der Waals surface area contributed by atoms with Crippen molar-refractivity contribution >= 4 is 5.69 Å². The zero-order chi connectivity index (χ0) is 26.7. The maximum Gasteiger partial charge on any atom is 0.142 e. The average Bonchev–Trinajstić information content (AvgIpc) is 2.95. The van der Waals surface area contributed by atoms with E-state index in [1.54, 1.807) is 14.2 Å². The Morgan fingerprint density at radius 2 is 1.87 bits per heavy atom. The van der Waals surface area contributed by atoms with Crippen molar-refractivity contribution in [3.63, 3.8) is 0 Å². The molecule has 0 amide bonds. The predicted octanol–water partition coefficient (Wildman–Crippen LogP) is 2.46. The van der Waals surface area contributed by atoms with Crippen LogP contribution in [0.25, 0.3) is 0 Å². The first kappa shape index (κ1) is 28.3. The van der Waals surface area contributed by atoms with Gasteiger partial charge in [-0.15, -0.1) is 0 Å². The lowest BCUT2D eigenvalue weighted by atomic mass is 9.85. The van der Waals surface area contributed by atoms with Crippen molar-refractivity contribution in [3.8, 4) is 11.8 Å². The van der Waals surface area contributed by atoms with Crippen molar-refractivity contribution in [1.29, 1.82) is 5.26 Å². The van der Waals surface area contributed by atoms with Crippen LogP contribution in [0.4, 0.5) is 5.69 Å². The van der Waals surface area contributed by atoms with E-state index in [2.05, 4.69) is 28.4 Å². The topological polar surface area (TPSA) is 105 Å². The molecule has 2 aromatic carbocycles. The third-order valence-corrected chi connectivity index (χ3v) is 7.00. The number of rotatable bonds is 13. The van der Waals surface area contributed by atoms with Gasteiger partial charge in [0.05, 0.1) is 55.9 Å². The summed E-state index contributed by atoms with van der Waals surface area (Å²) < 4.78 is 28.9. The molecule has 0 saturated carbocycles. The van der Waals surface area contributed by atoms with Gasteiger partial charge < -0.3 is 39.0 Å². The van der Waals surface area contributed by atoms with Gasteiger partial charge in [-0.25, -0.2) is 0 Å². The maximum atomic E-state index is 10.2. The number of piperidine rings is 1. The van der Waals surface area contributed by atoms with Crippen molar-refractivity contribution in [1.82, 2.24) is 5.32 Å². The van der Waals surface area contributed by atoms with E-state index in [1.807, 2.05) is 30.3 Å². The minimum atomic E-state index is -0.701. The average molecular weight is 526 g/mol. The van der Waals surface area contributed by atoms with Gasteiger partial charge >= 0.3 is 0 Å². The monoisotopic (exact) mass is 525 g/mol. The molecule has 0 radical (unpaired) electrons. The normalized spacial score (nSPS) is 21.8. The molecule has 1 fully saturated rings. The Labute approximate surface area is 225 Å². The van der Waals surface area contributed by atoms with E-state index in [-0.39, 0.29) is 31.3 Å². The number of fused-ring (bicyclic) bond motifs is 1. The molecule has 0 bridgehead atoms. The number of anilines is 1. The Hall–Kier alpha value is -2.71. The molecular formula is C29H39N3O6. The molecule has 1 saturated heterocycles. The van der Waals surface area contributed by atoms with Crippen LogP contribution in [0.3, 0.4) is 0 Å². The summed E-state index contributed by atoms with van der Waals surface area (Å²) in [7, 11) is 3.28. The van der Waals surface area contributed by atoms with Crippen LogP contribution in [0.2, 0.25) is 0 Å². The molecule has 0 aromatic heterocycles. The number of aliphatic hydroxyl groups is 1. The smallest absolute Gasteiger partial charge is 0.142 e. The molecule has 4 atom stereocenters. The quantitative estimate of drug-likeness (QED) is 0.382. The summed E-state index contributed by atoms with van der Waals surface area (Å²) in [6, 6.07) is 16.0. The summed E-state index contributed by atoms with van der Waals surface area (Å²) in [6.07, 6.45) is -0.114. The molecule has 2 heterocycles. The summed E-state index contributed by atoms with van der Waals surface area (Å²) in [5, 5.41) is 22.8. The van der Waals surface area contributed by atoms with Gasteiger partial charge in [0, 0.05) is 46.4 Å². The molecule has 38 heavy (non-hydrogen) atoms. The van der Waals surface area contributed by atoms with Gasteiger partial charge in [0.1, 0.15) is 18.5 Å². The molecule has 2 aliphatic heterocycles. The summed E-state index contributed by atoms with van der Waals surface area (Å²) >= 11 is 0. The molecule has 9 heteroatoms. The summed E-state index contributed by atoms with van der Waals surface area (Å²) in [5.74, 6) is 0.834.